The summed E-state index contributed by atoms with van der Waals surface area (Å²) in [6, 6.07) is 20.4. The molecule has 3 aromatic rings. The molecule has 7 nitrogen and oxygen atoms in total. The summed E-state index contributed by atoms with van der Waals surface area (Å²) in [4.78, 5) is 23.2. The molecule has 1 N–H and O–H groups in total. The highest BCUT2D eigenvalue weighted by molar-refractivity contribution is 6.30. The van der Waals surface area contributed by atoms with Crippen LogP contribution in [0.4, 0.5) is 5.69 Å². The first-order chi connectivity index (χ1) is 14.5. The Bertz CT molecular complexity index is 1030. The molecule has 0 saturated heterocycles. The molecule has 0 heterocycles. The van der Waals surface area contributed by atoms with Gasteiger partial charge in [0.15, 0.2) is 12.4 Å². The maximum absolute atomic E-state index is 12.6. The van der Waals surface area contributed by atoms with Crippen molar-refractivity contribution in [2.75, 3.05) is 13.7 Å². The van der Waals surface area contributed by atoms with Crippen molar-refractivity contribution in [1.82, 2.24) is 5.32 Å². The zero-order valence-corrected chi connectivity index (χ0v) is 16.8. The minimum absolute atomic E-state index is 0.0275. The molecule has 30 heavy (non-hydrogen) atoms. The predicted octanol–water partition coefficient (Wildman–Crippen LogP) is 4.54. The Morgan fingerprint density at radius 2 is 1.73 bits per heavy atom. The molecule has 0 aliphatic carbocycles. The van der Waals surface area contributed by atoms with Crippen LogP contribution in [0.5, 0.6) is 11.5 Å². The van der Waals surface area contributed by atoms with E-state index in [0.717, 1.165) is 11.1 Å². The highest BCUT2D eigenvalue weighted by atomic mass is 35.5. The summed E-state index contributed by atoms with van der Waals surface area (Å²) in [6.07, 6.45) is 0. The third-order valence-electron chi connectivity index (χ3n) is 4.36. The van der Waals surface area contributed by atoms with Crippen molar-refractivity contribution < 1.29 is 19.2 Å². The zero-order chi connectivity index (χ0) is 21.5. The average Bonchev–Trinajstić information content (AvgIpc) is 2.77. The number of ether oxygens (including phenoxy) is 2. The molecular weight excluding hydrogens is 408 g/mol. The lowest BCUT2D eigenvalue weighted by Gasteiger charge is -2.20. The molecular formula is C22H19ClN2O5. The van der Waals surface area contributed by atoms with Gasteiger partial charge in [0.05, 0.1) is 18.1 Å². The largest absolute Gasteiger partial charge is 0.497 e. The first kappa shape index (κ1) is 21.1. The van der Waals surface area contributed by atoms with Crippen molar-refractivity contribution in [1.29, 1.82) is 0 Å². The molecule has 0 aromatic heterocycles. The fraction of sp³-hybridized carbons (Fsp3) is 0.136. The maximum atomic E-state index is 12.6. The molecule has 0 radical (unpaired) electrons. The van der Waals surface area contributed by atoms with Gasteiger partial charge in [-0.15, -0.1) is 0 Å². The van der Waals surface area contributed by atoms with E-state index in [4.69, 9.17) is 21.1 Å². The predicted molar refractivity (Wildman–Crippen MR) is 113 cm³/mol. The van der Waals surface area contributed by atoms with Gasteiger partial charge >= 0.3 is 5.69 Å². The maximum Gasteiger partial charge on any atom is 0.312 e. The number of rotatable bonds is 8. The van der Waals surface area contributed by atoms with Gasteiger partial charge in [0.1, 0.15) is 5.75 Å². The average molecular weight is 427 g/mol. The molecule has 0 aliphatic heterocycles. The van der Waals surface area contributed by atoms with Gasteiger partial charge in [0.25, 0.3) is 5.91 Å². The number of hydrogen-bond donors (Lipinski definition) is 1. The fourth-order valence-electron chi connectivity index (χ4n) is 2.90. The van der Waals surface area contributed by atoms with Gasteiger partial charge in [-0.2, -0.15) is 0 Å². The normalized spacial score (nSPS) is 11.4. The van der Waals surface area contributed by atoms with Gasteiger partial charge < -0.3 is 14.8 Å². The van der Waals surface area contributed by atoms with E-state index in [1.165, 1.54) is 18.2 Å². The van der Waals surface area contributed by atoms with E-state index in [0.29, 0.717) is 5.75 Å². The Balaban J connectivity index is 1.76. The van der Waals surface area contributed by atoms with Crippen LogP contribution >= 0.6 is 11.6 Å². The number of nitro benzene ring substituents is 1. The summed E-state index contributed by atoms with van der Waals surface area (Å²) in [6.45, 7) is -0.387. The minimum Gasteiger partial charge on any atom is -0.497 e. The number of nitrogens with one attached hydrogen (secondary N) is 1. The van der Waals surface area contributed by atoms with Crippen LogP contribution in [0.3, 0.4) is 0 Å². The van der Waals surface area contributed by atoms with Gasteiger partial charge in [0, 0.05) is 11.1 Å². The summed E-state index contributed by atoms with van der Waals surface area (Å²) >= 11 is 5.80. The third-order valence-corrected chi connectivity index (χ3v) is 4.60. The van der Waals surface area contributed by atoms with Crippen molar-refractivity contribution in [3.8, 4) is 11.5 Å². The van der Waals surface area contributed by atoms with Crippen LogP contribution in [0.2, 0.25) is 5.02 Å². The summed E-state index contributed by atoms with van der Waals surface area (Å²) in [5.74, 6) is 0.249. The third kappa shape index (κ3) is 5.27. The van der Waals surface area contributed by atoms with E-state index in [2.05, 4.69) is 5.32 Å². The molecule has 0 saturated carbocycles. The monoisotopic (exact) mass is 426 g/mol. The molecule has 1 amide bonds. The van der Waals surface area contributed by atoms with Crippen LogP contribution in [-0.2, 0) is 4.79 Å². The first-order valence-electron chi connectivity index (χ1n) is 9.03. The Morgan fingerprint density at radius 3 is 2.37 bits per heavy atom. The minimum atomic E-state index is -0.608. The van der Waals surface area contributed by atoms with Crippen molar-refractivity contribution >= 4 is 23.2 Å². The molecule has 0 aliphatic rings. The topological polar surface area (TPSA) is 90.7 Å². The van der Waals surface area contributed by atoms with E-state index in [1.807, 2.05) is 54.6 Å². The number of nitrogens with zero attached hydrogens (tertiary/aromatic N) is 1. The van der Waals surface area contributed by atoms with Gasteiger partial charge in [-0.1, -0.05) is 54.1 Å². The summed E-state index contributed by atoms with van der Waals surface area (Å²) in [7, 11) is 1.58. The van der Waals surface area contributed by atoms with Gasteiger partial charge in [-0.05, 0) is 35.4 Å². The molecule has 1 atom stereocenters. The van der Waals surface area contributed by atoms with Crippen LogP contribution in [-0.4, -0.2) is 24.5 Å². The first-order valence-corrected chi connectivity index (χ1v) is 9.40. The highest BCUT2D eigenvalue weighted by Gasteiger charge is 2.20. The lowest BCUT2D eigenvalue weighted by Crippen LogP contribution is -2.33. The van der Waals surface area contributed by atoms with E-state index >= 15 is 0 Å². The van der Waals surface area contributed by atoms with Gasteiger partial charge in [-0.3, -0.25) is 14.9 Å². The highest BCUT2D eigenvalue weighted by Crippen LogP contribution is 2.30. The van der Waals surface area contributed by atoms with E-state index in [-0.39, 0.29) is 23.1 Å². The Kier molecular flexibility index (Phi) is 6.87. The molecule has 0 fully saturated rings. The van der Waals surface area contributed by atoms with Crippen molar-refractivity contribution in [3.63, 3.8) is 0 Å². The summed E-state index contributed by atoms with van der Waals surface area (Å²) < 4.78 is 10.6. The lowest BCUT2D eigenvalue weighted by molar-refractivity contribution is -0.385. The van der Waals surface area contributed by atoms with E-state index < -0.39 is 16.9 Å². The molecule has 3 aromatic carbocycles. The number of hydrogen-bond acceptors (Lipinski definition) is 5. The van der Waals surface area contributed by atoms with E-state index in [9.17, 15) is 14.9 Å². The van der Waals surface area contributed by atoms with Crippen molar-refractivity contribution in [2.45, 2.75) is 6.04 Å². The van der Waals surface area contributed by atoms with Crippen LogP contribution in [0, 0.1) is 10.1 Å². The summed E-state index contributed by atoms with van der Waals surface area (Å²) in [5.41, 5.74) is 1.44. The van der Waals surface area contributed by atoms with Crippen molar-refractivity contribution in [3.05, 3.63) is 99.1 Å². The number of halogens is 1. The quantitative estimate of drug-likeness (QED) is 0.421. The number of amides is 1. The Labute approximate surface area is 178 Å². The number of benzene rings is 3. The number of methoxy groups -OCH3 is 1. The Morgan fingerprint density at radius 1 is 1.07 bits per heavy atom. The molecule has 8 heteroatoms. The number of carbonyl (C=O) groups is 1. The molecule has 0 unspecified atom stereocenters. The number of nitro groups is 1. The van der Waals surface area contributed by atoms with E-state index in [1.54, 1.807) is 7.11 Å². The SMILES string of the molecule is COc1ccc([C@@H](NC(=O)COc2ccc(Cl)cc2[N+](=O)[O-])c2ccccc2)cc1. The standard InChI is InChI=1S/C22H19ClN2O5/c1-29-18-10-7-16(8-11-18)22(15-5-3-2-4-6-15)24-21(26)14-30-20-12-9-17(23)13-19(20)25(27)28/h2-13,22H,14H2,1H3,(H,24,26)/t22-/m0/s1. The van der Waals surface area contributed by atoms with Crippen molar-refractivity contribution in [2.24, 2.45) is 0 Å². The zero-order valence-electron chi connectivity index (χ0n) is 16.1. The molecule has 3 rings (SSSR count). The van der Waals surface area contributed by atoms with Crippen LogP contribution in [0.15, 0.2) is 72.8 Å². The molecule has 154 valence electrons. The smallest absolute Gasteiger partial charge is 0.312 e. The van der Waals surface area contributed by atoms with Crippen LogP contribution < -0.4 is 14.8 Å². The van der Waals surface area contributed by atoms with Crippen LogP contribution in [0.25, 0.3) is 0 Å². The second-order valence-corrected chi connectivity index (χ2v) is 6.78. The van der Waals surface area contributed by atoms with Crippen LogP contribution in [0.1, 0.15) is 17.2 Å². The Hall–Kier alpha value is -3.58. The fourth-order valence-corrected chi connectivity index (χ4v) is 3.07. The van der Waals surface area contributed by atoms with Gasteiger partial charge in [0.2, 0.25) is 0 Å². The molecule has 0 spiro atoms. The number of carbonyl (C=O) groups excluding carboxylic acids is 1. The second kappa shape index (κ2) is 9.76. The van der Waals surface area contributed by atoms with Gasteiger partial charge in [-0.25, -0.2) is 0 Å². The summed E-state index contributed by atoms with van der Waals surface area (Å²) in [5, 5.41) is 14.3. The molecule has 0 bridgehead atoms. The lowest BCUT2D eigenvalue weighted by atomic mass is 9.98. The second-order valence-electron chi connectivity index (χ2n) is 6.34.